The molecule has 1 aromatic rings. The van der Waals surface area contributed by atoms with Crippen molar-refractivity contribution in [3.63, 3.8) is 0 Å². The van der Waals surface area contributed by atoms with Crippen LogP contribution in [0.4, 0.5) is 11.5 Å². The lowest BCUT2D eigenvalue weighted by Gasteiger charge is -2.27. The molecule has 0 bridgehead atoms. The van der Waals surface area contributed by atoms with Crippen LogP contribution in [-0.4, -0.2) is 24.6 Å². The minimum absolute atomic E-state index is 0.834. The summed E-state index contributed by atoms with van der Waals surface area (Å²) in [5.41, 5.74) is 1.15. The van der Waals surface area contributed by atoms with Gasteiger partial charge in [0.15, 0.2) is 0 Å². The van der Waals surface area contributed by atoms with E-state index in [-0.39, 0.29) is 0 Å². The van der Waals surface area contributed by atoms with Crippen LogP contribution in [0.2, 0.25) is 0 Å². The van der Waals surface area contributed by atoms with Gasteiger partial charge >= 0.3 is 0 Å². The first-order chi connectivity index (χ1) is 9.72. The third kappa shape index (κ3) is 4.12. The first-order valence-corrected chi connectivity index (χ1v) is 8.17. The lowest BCUT2D eigenvalue weighted by Crippen LogP contribution is -2.23. The van der Waals surface area contributed by atoms with Crippen molar-refractivity contribution in [3.05, 3.63) is 18.3 Å². The summed E-state index contributed by atoms with van der Waals surface area (Å²) in [7, 11) is 0. The number of anilines is 2. The number of nitrogens with zero attached hydrogens (tertiary/aromatic N) is 2. The molecule has 1 aromatic heterocycles. The summed E-state index contributed by atoms with van der Waals surface area (Å²) in [4.78, 5) is 6.83. The van der Waals surface area contributed by atoms with Crippen LogP contribution in [0, 0.1) is 11.8 Å². The molecule has 1 saturated carbocycles. The fourth-order valence-electron chi connectivity index (χ4n) is 3.23. The van der Waals surface area contributed by atoms with Gasteiger partial charge in [0.1, 0.15) is 5.82 Å². The molecule has 2 rings (SSSR count). The Labute approximate surface area is 123 Å². The topological polar surface area (TPSA) is 28.2 Å². The molecule has 0 saturated heterocycles. The van der Waals surface area contributed by atoms with Crippen LogP contribution in [0.1, 0.15) is 46.5 Å². The highest BCUT2D eigenvalue weighted by Crippen LogP contribution is 2.28. The van der Waals surface area contributed by atoms with Crippen LogP contribution in [-0.2, 0) is 0 Å². The minimum Gasteiger partial charge on any atom is -0.384 e. The van der Waals surface area contributed by atoms with Crippen molar-refractivity contribution in [2.45, 2.75) is 46.5 Å². The monoisotopic (exact) mass is 275 g/mol. The summed E-state index contributed by atoms with van der Waals surface area (Å²) in [6, 6.07) is 4.28. The van der Waals surface area contributed by atoms with Gasteiger partial charge in [0.05, 0.1) is 11.9 Å². The van der Waals surface area contributed by atoms with Gasteiger partial charge in [-0.2, -0.15) is 0 Å². The molecule has 1 N–H and O–H groups in total. The molecule has 0 aromatic carbocycles. The first-order valence-electron chi connectivity index (χ1n) is 8.17. The van der Waals surface area contributed by atoms with Crippen LogP contribution in [0.25, 0.3) is 0 Å². The second-order valence-corrected chi connectivity index (χ2v) is 6.10. The molecule has 0 amide bonds. The number of nitrogens with one attached hydrogen (secondary N) is 1. The van der Waals surface area contributed by atoms with E-state index in [0.29, 0.717) is 0 Å². The fourth-order valence-corrected chi connectivity index (χ4v) is 3.23. The van der Waals surface area contributed by atoms with E-state index in [4.69, 9.17) is 0 Å². The van der Waals surface area contributed by atoms with Gasteiger partial charge in [-0.15, -0.1) is 0 Å². The van der Waals surface area contributed by atoms with Crippen LogP contribution in [0.5, 0.6) is 0 Å². The molecular weight excluding hydrogens is 246 g/mol. The van der Waals surface area contributed by atoms with Gasteiger partial charge in [-0.1, -0.05) is 19.8 Å². The Morgan fingerprint density at radius 2 is 2.05 bits per heavy atom. The normalized spacial score (nSPS) is 22.6. The molecule has 20 heavy (non-hydrogen) atoms. The molecule has 1 aliphatic carbocycles. The zero-order valence-electron chi connectivity index (χ0n) is 13.2. The summed E-state index contributed by atoms with van der Waals surface area (Å²) in [5, 5.41) is 3.56. The number of hydrogen-bond acceptors (Lipinski definition) is 3. The van der Waals surface area contributed by atoms with Crippen molar-refractivity contribution in [1.29, 1.82) is 0 Å². The average molecular weight is 275 g/mol. The Morgan fingerprint density at radius 1 is 1.25 bits per heavy atom. The largest absolute Gasteiger partial charge is 0.384 e. The molecular formula is C17H29N3. The Balaban J connectivity index is 1.84. The van der Waals surface area contributed by atoms with Crippen molar-refractivity contribution in [1.82, 2.24) is 4.98 Å². The second-order valence-electron chi connectivity index (χ2n) is 6.10. The summed E-state index contributed by atoms with van der Waals surface area (Å²) >= 11 is 0. The highest BCUT2D eigenvalue weighted by Gasteiger charge is 2.18. The highest BCUT2D eigenvalue weighted by molar-refractivity contribution is 5.48. The average Bonchev–Trinajstić information content (AvgIpc) is 2.48. The predicted molar refractivity (Wildman–Crippen MR) is 87.4 cm³/mol. The van der Waals surface area contributed by atoms with E-state index < -0.39 is 0 Å². The van der Waals surface area contributed by atoms with Crippen LogP contribution in [0.15, 0.2) is 18.3 Å². The van der Waals surface area contributed by atoms with E-state index in [1.807, 2.05) is 6.20 Å². The fraction of sp³-hybridized carbons (Fsp3) is 0.706. The molecule has 1 heterocycles. The first kappa shape index (κ1) is 15.1. The molecule has 0 radical (unpaired) electrons. The number of hydrogen-bond donors (Lipinski definition) is 1. The smallest absolute Gasteiger partial charge is 0.128 e. The summed E-state index contributed by atoms with van der Waals surface area (Å²) in [6.07, 6.45) is 7.53. The van der Waals surface area contributed by atoms with Crippen molar-refractivity contribution in [3.8, 4) is 0 Å². The molecule has 0 aliphatic heterocycles. The third-order valence-electron chi connectivity index (χ3n) is 4.48. The maximum atomic E-state index is 4.56. The van der Waals surface area contributed by atoms with Crippen LogP contribution in [0.3, 0.4) is 0 Å². The van der Waals surface area contributed by atoms with E-state index in [1.165, 1.54) is 25.7 Å². The van der Waals surface area contributed by atoms with Crippen molar-refractivity contribution >= 4 is 11.5 Å². The molecule has 3 heteroatoms. The maximum absolute atomic E-state index is 4.56. The van der Waals surface area contributed by atoms with Gasteiger partial charge in [0.2, 0.25) is 0 Å². The van der Waals surface area contributed by atoms with Crippen LogP contribution < -0.4 is 10.2 Å². The maximum Gasteiger partial charge on any atom is 0.128 e. The standard InChI is InChI=1S/C17H29N3/c1-4-20(5-2)17-10-9-16(13-19-17)18-12-15-8-6-7-14(3)11-15/h9-10,13-15,18H,4-8,11-12H2,1-3H3. The van der Waals surface area contributed by atoms with Gasteiger partial charge in [0.25, 0.3) is 0 Å². The SMILES string of the molecule is CCN(CC)c1ccc(NCC2CCCC(C)C2)cn1. The van der Waals surface area contributed by atoms with Crippen LogP contribution >= 0.6 is 0 Å². The third-order valence-corrected chi connectivity index (χ3v) is 4.48. The van der Waals surface area contributed by atoms with E-state index in [0.717, 1.165) is 43.0 Å². The van der Waals surface area contributed by atoms with E-state index in [9.17, 15) is 0 Å². The van der Waals surface area contributed by atoms with Gasteiger partial charge in [-0.05, 0) is 50.7 Å². The summed E-state index contributed by atoms with van der Waals surface area (Å²) in [6.45, 7) is 9.83. The van der Waals surface area contributed by atoms with Gasteiger partial charge < -0.3 is 10.2 Å². The predicted octanol–water partition coefficient (Wildman–Crippen LogP) is 4.17. The molecule has 3 nitrogen and oxygen atoms in total. The number of rotatable bonds is 6. The summed E-state index contributed by atoms with van der Waals surface area (Å²) < 4.78 is 0. The van der Waals surface area contributed by atoms with E-state index in [2.05, 4.69) is 48.1 Å². The molecule has 2 unspecified atom stereocenters. The van der Waals surface area contributed by atoms with Crippen molar-refractivity contribution in [2.24, 2.45) is 11.8 Å². The zero-order valence-corrected chi connectivity index (χ0v) is 13.2. The second kappa shape index (κ2) is 7.51. The lowest BCUT2D eigenvalue weighted by molar-refractivity contribution is 0.293. The van der Waals surface area contributed by atoms with Gasteiger partial charge in [-0.3, -0.25) is 0 Å². The number of pyridine rings is 1. The van der Waals surface area contributed by atoms with E-state index in [1.54, 1.807) is 0 Å². The summed E-state index contributed by atoms with van der Waals surface area (Å²) in [5.74, 6) is 2.81. The highest BCUT2D eigenvalue weighted by atomic mass is 15.2. The molecule has 1 aliphatic rings. The van der Waals surface area contributed by atoms with Gasteiger partial charge in [0, 0.05) is 19.6 Å². The number of aromatic nitrogens is 1. The van der Waals surface area contributed by atoms with Gasteiger partial charge in [-0.25, -0.2) is 4.98 Å². The lowest BCUT2D eigenvalue weighted by atomic mass is 9.82. The van der Waals surface area contributed by atoms with E-state index >= 15 is 0 Å². The Morgan fingerprint density at radius 3 is 2.65 bits per heavy atom. The Bertz CT molecular complexity index is 384. The van der Waals surface area contributed by atoms with Crippen molar-refractivity contribution < 1.29 is 0 Å². The zero-order chi connectivity index (χ0) is 14.4. The molecule has 112 valence electrons. The minimum atomic E-state index is 0.834. The van der Waals surface area contributed by atoms with Crippen molar-refractivity contribution in [2.75, 3.05) is 29.9 Å². The molecule has 2 atom stereocenters. The quantitative estimate of drug-likeness (QED) is 0.844. The molecule has 1 fully saturated rings. The molecule has 0 spiro atoms. The Hall–Kier alpha value is -1.25. The Kier molecular flexibility index (Phi) is 5.69.